The van der Waals surface area contributed by atoms with Gasteiger partial charge in [0.1, 0.15) is 12.1 Å². The van der Waals surface area contributed by atoms with Gasteiger partial charge in [-0.15, -0.1) is 0 Å². The van der Waals surface area contributed by atoms with E-state index in [0.717, 1.165) is 5.76 Å². The zero-order chi connectivity index (χ0) is 11.7. The molecule has 0 amide bonds. The minimum Gasteiger partial charge on any atom is -0.467 e. The number of aromatic amines is 1. The fourth-order valence-electron chi connectivity index (χ4n) is 1.51. The van der Waals surface area contributed by atoms with E-state index in [9.17, 15) is 0 Å². The smallest absolute Gasteiger partial charge is 0.176 e. The summed E-state index contributed by atoms with van der Waals surface area (Å²) in [5, 5.41) is 3.16. The Hall–Kier alpha value is -1.89. The second-order valence-corrected chi connectivity index (χ2v) is 4.13. The van der Waals surface area contributed by atoms with Gasteiger partial charge in [0, 0.05) is 0 Å². The summed E-state index contributed by atoms with van der Waals surface area (Å²) in [7, 11) is 0. The number of imidazole rings is 1. The third kappa shape index (κ3) is 2.01. The van der Waals surface area contributed by atoms with Crippen LogP contribution in [0.5, 0.6) is 0 Å². The van der Waals surface area contributed by atoms with Crippen LogP contribution in [-0.2, 0) is 6.54 Å². The number of halogens is 1. The van der Waals surface area contributed by atoms with Gasteiger partial charge < -0.3 is 14.7 Å². The van der Waals surface area contributed by atoms with Crippen LogP contribution in [0.4, 0.5) is 5.82 Å². The first-order valence-corrected chi connectivity index (χ1v) is 5.75. The van der Waals surface area contributed by atoms with Crippen LogP contribution in [0.25, 0.3) is 11.2 Å². The van der Waals surface area contributed by atoms with E-state index in [1.165, 1.54) is 6.33 Å². The first kappa shape index (κ1) is 10.3. The number of nitrogens with zero attached hydrogens (tertiary/aromatic N) is 3. The van der Waals surface area contributed by atoms with Crippen LogP contribution >= 0.6 is 15.9 Å². The van der Waals surface area contributed by atoms with Crippen molar-refractivity contribution in [1.29, 1.82) is 0 Å². The molecule has 0 spiro atoms. The van der Waals surface area contributed by atoms with E-state index in [-0.39, 0.29) is 0 Å². The first-order valence-electron chi connectivity index (χ1n) is 4.95. The van der Waals surface area contributed by atoms with Crippen LogP contribution < -0.4 is 5.32 Å². The Morgan fingerprint density at radius 1 is 1.41 bits per heavy atom. The standard InChI is InChI=1S/C10H8BrN5O/c11-10-15-7-8(13-5-14-9(7)16-10)12-4-6-2-1-3-17-6/h1-3,5H,4H2,(H2,12,13,14,15,16). The van der Waals surface area contributed by atoms with Crippen molar-refractivity contribution >= 4 is 32.9 Å². The fourth-order valence-corrected chi connectivity index (χ4v) is 1.88. The maximum Gasteiger partial charge on any atom is 0.176 e. The van der Waals surface area contributed by atoms with Gasteiger partial charge in [0.25, 0.3) is 0 Å². The van der Waals surface area contributed by atoms with Crippen LogP contribution in [0.3, 0.4) is 0 Å². The summed E-state index contributed by atoms with van der Waals surface area (Å²) in [5.41, 5.74) is 1.39. The molecule has 0 atom stereocenters. The maximum atomic E-state index is 5.23. The predicted molar refractivity (Wildman–Crippen MR) is 65.4 cm³/mol. The Morgan fingerprint density at radius 2 is 2.35 bits per heavy atom. The number of hydrogen-bond acceptors (Lipinski definition) is 5. The van der Waals surface area contributed by atoms with Crippen molar-refractivity contribution in [2.24, 2.45) is 0 Å². The Balaban J connectivity index is 1.89. The molecular formula is C10H8BrN5O. The fraction of sp³-hybridized carbons (Fsp3) is 0.100. The van der Waals surface area contributed by atoms with Gasteiger partial charge in [-0.25, -0.2) is 15.0 Å². The summed E-state index contributed by atoms with van der Waals surface area (Å²) in [6.45, 7) is 0.559. The van der Waals surface area contributed by atoms with Crippen molar-refractivity contribution in [2.75, 3.05) is 5.32 Å². The van der Waals surface area contributed by atoms with E-state index in [1.54, 1.807) is 6.26 Å². The average molecular weight is 294 g/mol. The number of H-pyrrole nitrogens is 1. The van der Waals surface area contributed by atoms with Crippen molar-refractivity contribution in [1.82, 2.24) is 19.9 Å². The highest BCUT2D eigenvalue weighted by atomic mass is 79.9. The topological polar surface area (TPSA) is 79.6 Å². The molecule has 0 aromatic carbocycles. The lowest BCUT2D eigenvalue weighted by molar-refractivity contribution is 0.518. The molecule has 7 heteroatoms. The number of anilines is 1. The van der Waals surface area contributed by atoms with Crippen LogP contribution in [0.15, 0.2) is 33.9 Å². The van der Waals surface area contributed by atoms with Gasteiger partial charge in [-0.2, -0.15) is 0 Å². The molecule has 17 heavy (non-hydrogen) atoms. The summed E-state index contributed by atoms with van der Waals surface area (Å²) < 4.78 is 5.86. The van der Waals surface area contributed by atoms with E-state index in [1.807, 2.05) is 12.1 Å². The van der Waals surface area contributed by atoms with Gasteiger partial charge in [-0.1, -0.05) is 0 Å². The molecule has 0 fully saturated rings. The summed E-state index contributed by atoms with van der Waals surface area (Å²) in [5.74, 6) is 1.51. The number of aromatic nitrogens is 4. The van der Waals surface area contributed by atoms with Crippen LogP contribution in [0, 0.1) is 0 Å². The quantitative estimate of drug-likeness (QED) is 0.725. The molecule has 3 aromatic heterocycles. The number of fused-ring (bicyclic) bond motifs is 1. The highest BCUT2D eigenvalue weighted by molar-refractivity contribution is 9.10. The third-order valence-corrected chi connectivity index (χ3v) is 2.64. The van der Waals surface area contributed by atoms with Crippen molar-refractivity contribution in [3.8, 4) is 0 Å². The lowest BCUT2D eigenvalue weighted by atomic mass is 10.4. The molecule has 0 aliphatic heterocycles. The molecule has 3 heterocycles. The molecule has 0 unspecified atom stereocenters. The molecule has 86 valence electrons. The van der Waals surface area contributed by atoms with Crippen LogP contribution in [0.1, 0.15) is 5.76 Å². The largest absolute Gasteiger partial charge is 0.467 e. The molecule has 0 bridgehead atoms. The molecule has 6 nitrogen and oxygen atoms in total. The molecule has 3 rings (SSSR count). The molecule has 0 saturated carbocycles. The van der Waals surface area contributed by atoms with E-state index in [4.69, 9.17) is 4.42 Å². The van der Waals surface area contributed by atoms with E-state index >= 15 is 0 Å². The summed E-state index contributed by atoms with van der Waals surface area (Å²) in [4.78, 5) is 15.5. The average Bonchev–Trinajstić information content (AvgIpc) is 2.93. The van der Waals surface area contributed by atoms with E-state index < -0.39 is 0 Å². The predicted octanol–water partition coefficient (Wildman–Crippen LogP) is 2.32. The van der Waals surface area contributed by atoms with Crippen LogP contribution in [0.2, 0.25) is 0 Å². The highest BCUT2D eigenvalue weighted by Gasteiger charge is 2.08. The summed E-state index contributed by atoms with van der Waals surface area (Å²) in [6.07, 6.45) is 3.12. The lowest BCUT2D eigenvalue weighted by Crippen LogP contribution is -2.01. The summed E-state index contributed by atoms with van der Waals surface area (Å²) >= 11 is 3.27. The molecule has 3 aromatic rings. The Morgan fingerprint density at radius 3 is 3.18 bits per heavy atom. The Labute approximate surface area is 105 Å². The monoisotopic (exact) mass is 293 g/mol. The van der Waals surface area contributed by atoms with Crippen molar-refractivity contribution in [3.05, 3.63) is 35.2 Å². The molecule has 2 N–H and O–H groups in total. The number of nitrogens with one attached hydrogen (secondary N) is 2. The first-order chi connectivity index (χ1) is 8.33. The second-order valence-electron chi connectivity index (χ2n) is 3.38. The number of hydrogen-bond donors (Lipinski definition) is 2. The SMILES string of the molecule is Brc1nc2c(NCc3ccco3)ncnc2[nH]1. The zero-order valence-electron chi connectivity index (χ0n) is 8.64. The van der Waals surface area contributed by atoms with E-state index in [2.05, 4.69) is 41.2 Å². The number of rotatable bonds is 3. The highest BCUT2D eigenvalue weighted by Crippen LogP contribution is 2.19. The van der Waals surface area contributed by atoms with Gasteiger partial charge in [0.2, 0.25) is 0 Å². The van der Waals surface area contributed by atoms with Crippen molar-refractivity contribution in [3.63, 3.8) is 0 Å². The minimum atomic E-state index is 0.559. The second kappa shape index (κ2) is 4.17. The molecule has 0 aliphatic rings. The van der Waals surface area contributed by atoms with Gasteiger partial charge in [0.05, 0.1) is 12.8 Å². The molecule has 0 saturated heterocycles. The third-order valence-electron chi connectivity index (χ3n) is 2.26. The van der Waals surface area contributed by atoms with Gasteiger partial charge in [-0.3, -0.25) is 0 Å². The normalized spacial score (nSPS) is 10.9. The molecular weight excluding hydrogens is 286 g/mol. The zero-order valence-corrected chi connectivity index (χ0v) is 10.2. The number of furan rings is 1. The summed E-state index contributed by atoms with van der Waals surface area (Å²) in [6, 6.07) is 3.74. The van der Waals surface area contributed by atoms with Gasteiger partial charge in [0.15, 0.2) is 21.7 Å². The molecule has 0 aliphatic carbocycles. The van der Waals surface area contributed by atoms with Gasteiger partial charge >= 0.3 is 0 Å². The maximum absolute atomic E-state index is 5.23. The van der Waals surface area contributed by atoms with Crippen molar-refractivity contribution < 1.29 is 4.42 Å². The lowest BCUT2D eigenvalue weighted by Gasteiger charge is -2.02. The molecule has 0 radical (unpaired) electrons. The van der Waals surface area contributed by atoms with E-state index in [0.29, 0.717) is 28.3 Å². The Bertz CT molecular complexity index is 633. The van der Waals surface area contributed by atoms with Gasteiger partial charge in [-0.05, 0) is 28.1 Å². The van der Waals surface area contributed by atoms with Crippen LogP contribution in [-0.4, -0.2) is 19.9 Å². The Kier molecular flexibility index (Phi) is 2.52. The minimum absolute atomic E-state index is 0.559. The van der Waals surface area contributed by atoms with Crippen molar-refractivity contribution in [2.45, 2.75) is 6.54 Å².